The smallest absolute Gasteiger partial charge is 0.308 e. The molecule has 4 rings (SSSR count). The number of esters is 1. The molecule has 4 aromatic rings. The zero-order valence-electron chi connectivity index (χ0n) is 13.4. The number of carbonyl (C=O) groups excluding carboxylic acids is 1. The van der Waals surface area contributed by atoms with Crippen LogP contribution in [0.15, 0.2) is 70.2 Å². The first-order valence-corrected chi connectivity index (χ1v) is 7.71. The lowest BCUT2D eigenvalue weighted by atomic mass is 10.0. The van der Waals surface area contributed by atoms with E-state index in [1.165, 1.54) is 19.3 Å². The van der Waals surface area contributed by atoms with Crippen molar-refractivity contribution < 1.29 is 13.9 Å². The summed E-state index contributed by atoms with van der Waals surface area (Å²) < 4.78 is 10.7. The molecule has 0 N–H and O–H groups in total. The van der Waals surface area contributed by atoms with Crippen molar-refractivity contribution in [2.75, 3.05) is 0 Å². The van der Waals surface area contributed by atoms with Gasteiger partial charge in [-0.05, 0) is 18.2 Å². The summed E-state index contributed by atoms with van der Waals surface area (Å²) in [5, 5.41) is 1.37. The molecular weight excluding hydrogens is 318 g/mol. The fourth-order valence-electron chi connectivity index (χ4n) is 2.85. The maximum atomic E-state index is 12.9. The van der Waals surface area contributed by atoms with Gasteiger partial charge >= 0.3 is 5.97 Å². The first-order valence-electron chi connectivity index (χ1n) is 7.71. The average Bonchev–Trinajstić information content (AvgIpc) is 2.61. The Morgan fingerprint density at radius 2 is 1.92 bits per heavy atom. The Morgan fingerprint density at radius 3 is 2.76 bits per heavy atom. The predicted octanol–water partition coefficient (Wildman–Crippen LogP) is 3.93. The number of fused-ring (bicyclic) bond motifs is 2. The van der Waals surface area contributed by atoms with Crippen LogP contribution in [0.2, 0.25) is 0 Å². The highest BCUT2D eigenvalue weighted by atomic mass is 16.5. The zero-order chi connectivity index (χ0) is 17.4. The minimum atomic E-state index is -0.430. The predicted molar refractivity (Wildman–Crippen MR) is 94.5 cm³/mol. The molecule has 25 heavy (non-hydrogen) atoms. The van der Waals surface area contributed by atoms with Crippen molar-refractivity contribution in [1.82, 2.24) is 4.98 Å². The van der Waals surface area contributed by atoms with Gasteiger partial charge in [-0.15, -0.1) is 0 Å². The summed E-state index contributed by atoms with van der Waals surface area (Å²) in [6.07, 6.45) is 3.12. The Labute approximate surface area is 142 Å². The first-order chi connectivity index (χ1) is 12.1. The summed E-state index contributed by atoms with van der Waals surface area (Å²) in [5.74, 6) is -0.0946. The Kier molecular flexibility index (Phi) is 3.54. The SMILES string of the molecule is CC(=O)Oc1ccc2c(=O)c(-c3cccc4cccnc34)coc2c1. The van der Waals surface area contributed by atoms with Crippen molar-refractivity contribution in [2.24, 2.45) is 0 Å². The number of hydrogen-bond acceptors (Lipinski definition) is 5. The van der Waals surface area contributed by atoms with Gasteiger partial charge < -0.3 is 9.15 Å². The van der Waals surface area contributed by atoms with Crippen molar-refractivity contribution in [3.63, 3.8) is 0 Å². The van der Waals surface area contributed by atoms with Crippen molar-refractivity contribution in [3.05, 3.63) is 71.2 Å². The third-order valence-corrected chi connectivity index (χ3v) is 3.93. The number of ether oxygens (including phenoxy) is 1. The molecule has 0 radical (unpaired) electrons. The number of aromatic nitrogens is 1. The maximum Gasteiger partial charge on any atom is 0.308 e. The largest absolute Gasteiger partial charge is 0.463 e. The second kappa shape index (κ2) is 5.87. The van der Waals surface area contributed by atoms with Crippen LogP contribution in [0.5, 0.6) is 5.75 Å². The van der Waals surface area contributed by atoms with Crippen LogP contribution in [-0.2, 0) is 4.79 Å². The molecule has 2 heterocycles. The van der Waals surface area contributed by atoms with E-state index in [-0.39, 0.29) is 5.43 Å². The standard InChI is InChI=1S/C20H13NO4/c1-12(22)25-14-7-8-16-18(10-14)24-11-17(20(16)23)15-6-2-4-13-5-3-9-21-19(13)15/h2-11H,1H3. The summed E-state index contributed by atoms with van der Waals surface area (Å²) in [5.41, 5.74) is 2.11. The quantitative estimate of drug-likeness (QED) is 0.411. The maximum absolute atomic E-state index is 12.9. The molecule has 2 aromatic heterocycles. The van der Waals surface area contributed by atoms with E-state index in [4.69, 9.17) is 9.15 Å². The number of rotatable bonds is 2. The van der Waals surface area contributed by atoms with Crippen LogP contribution in [0, 0.1) is 0 Å². The Bertz CT molecular complexity index is 1170. The van der Waals surface area contributed by atoms with Crippen LogP contribution in [-0.4, -0.2) is 11.0 Å². The van der Waals surface area contributed by atoms with Gasteiger partial charge in [0, 0.05) is 30.1 Å². The second-order valence-corrected chi connectivity index (χ2v) is 5.61. The third kappa shape index (κ3) is 2.65. The summed E-state index contributed by atoms with van der Waals surface area (Å²) in [6.45, 7) is 1.32. The number of benzene rings is 2. The van der Waals surface area contributed by atoms with Crippen LogP contribution in [0.1, 0.15) is 6.92 Å². The lowest BCUT2D eigenvalue weighted by Crippen LogP contribution is -2.06. The van der Waals surface area contributed by atoms with Crippen molar-refractivity contribution in [3.8, 4) is 16.9 Å². The molecule has 0 spiro atoms. The van der Waals surface area contributed by atoms with E-state index in [9.17, 15) is 9.59 Å². The molecule has 0 aliphatic rings. The molecule has 0 amide bonds. The fraction of sp³-hybridized carbons (Fsp3) is 0.0500. The van der Waals surface area contributed by atoms with Crippen LogP contribution >= 0.6 is 0 Å². The van der Waals surface area contributed by atoms with Gasteiger partial charge in [-0.1, -0.05) is 24.3 Å². The van der Waals surface area contributed by atoms with Crippen LogP contribution in [0.25, 0.3) is 33.0 Å². The lowest BCUT2D eigenvalue weighted by molar-refractivity contribution is -0.131. The minimum Gasteiger partial charge on any atom is -0.463 e. The van der Waals surface area contributed by atoms with Crippen LogP contribution in [0.3, 0.4) is 0 Å². The molecule has 122 valence electrons. The van der Waals surface area contributed by atoms with Gasteiger partial charge in [-0.25, -0.2) is 0 Å². The summed E-state index contributed by atoms with van der Waals surface area (Å²) >= 11 is 0. The van der Waals surface area contributed by atoms with Crippen molar-refractivity contribution in [2.45, 2.75) is 6.92 Å². The van der Waals surface area contributed by atoms with Gasteiger partial charge in [0.05, 0.1) is 16.5 Å². The average molecular weight is 331 g/mol. The monoisotopic (exact) mass is 331 g/mol. The number of nitrogens with zero attached hydrogens (tertiary/aromatic N) is 1. The van der Waals surface area contributed by atoms with Gasteiger partial charge in [0.25, 0.3) is 0 Å². The molecule has 0 aliphatic heterocycles. The Hall–Kier alpha value is -3.47. The van der Waals surface area contributed by atoms with Gasteiger partial charge in [0.1, 0.15) is 17.6 Å². The number of carbonyl (C=O) groups is 1. The molecule has 0 saturated heterocycles. The van der Waals surface area contributed by atoms with Crippen LogP contribution in [0.4, 0.5) is 0 Å². The minimum absolute atomic E-state index is 0.159. The number of hydrogen-bond donors (Lipinski definition) is 0. The summed E-state index contributed by atoms with van der Waals surface area (Å²) in [6, 6.07) is 14.2. The summed E-state index contributed by atoms with van der Waals surface area (Å²) in [7, 11) is 0. The molecule has 0 unspecified atom stereocenters. The molecule has 0 fully saturated rings. The number of pyridine rings is 1. The van der Waals surface area contributed by atoms with E-state index in [1.807, 2.05) is 30.3 Å². The highest BCUT2D eigenvalue weighted by Gasteiger charge is 2.13. The van der Waals surface area contributed by atoms with Gasteiger partial charge in [-0.3, -0.25) is 14.6 Å². The Morgan fingerprint density at radius 1 is 1.08 bits per heavy atom. The van der Waals surface area contributed by atoms with E-state index < -0.39 is 5.97 Å². The fourth-order valence-corrected chi connectivity index (χ4v) is 2.85. The lowest BCUT2D eigenvalue weighted by Gasteiger charge is -2.07. The van der Waals surface area contributed by atoms with Crippen LogP contribution < -0.4 is 10.2 Å². The van der Waals surface area contributed by atoms with E-state index >= 15 is 0 Å². The van der Waals surface area contributed by atoms with Gasteiger partial charge in [0.2, 0.25) is 5.43 Å². The van der Waals surface area contributed by atoms with Crippen molar-refractivity contribution in [1.29, 1.82) is 0 Å². The Balaban J connectivity index is 1.92. The van der Waals surface area contributed by atoms with Gasteiger partial charge in [-0.2, -0.15) is 0 Å². The molecular formula is C20H13NO4. The molecule has 5 nitrogen and oxygen atoms in total. The normalized spacial score (nSPS) is 10.9. The van der Waals surface area contributed by atoms with E-state index in [2.05, 4.69) is 4.98 Å². The molecule has 5 heteroatoms. The highest BCUT2D eigenvalue weighted by Crippen LogP contribution is 2.27. The molecule has 2 aromatic carbocycles. The molecule has 0 atom stereocenters. The molecule has 0 bridgehead atoms. The highest BCUT2D eigenvalue weighted by molar-refractivity contribution is 5.95. The number of para-hydroxylation sites is 1. The van der Waals surface area contributed by atoms with Crippen molar-refractivity contribution >= 4 is 27.8 Å². The molecule has 0 saturated carbocycles. The van der Waals surface area contributed by atoms with E-state index in [1.54, 1.807) is 18.3 Å². The van der Waals surface area contributed by atoms with Gasteiger partial charge in [0.15, 0.2) is 0 Å². The van der Waals surface area contributed by atoms with E-state index in [0.29, 0.717) is 22.3 Å². The zero-order valence-corrected chi connectivity index (χ0v) is 13.4. The summed E-state index contributed by atoms with van der Waals surface area (Å²) in [4.78, 5) is 28.4. The topological polar surface area (TPSA) is 69.4 Å². The molecule has 0 aliphatic carbocycles. The second-order valence-electron chi connectivity index (χ2n) is 5.61. The van der Waals surface area contributed by atoms with E-state index in [0.717, 1.165) is 16.5 Å². The first kappa shape index (κ1) is 15.1. The third-order valence-electron chi connectivity index (χ3n) is 3.93.